The number of hydrogen-bond donors (Lipinski definition) is 1. The molecule has 0 saturated carbocycles. The number of aromatic amines is 1. The molecular weight excluding hydrogens is 456 g/mol. The number of H-pyrrole nitrogens is 1. The molecule has 0 aliphatic carbocycles. The lowest BCUT2D eigenvalue weighted by molar-refractivity contribution is 0.115. The first kappa shape index (κ1) is 22.7. The molecule has 0 radical (unpaired) electrons. The van der Waals surface area contributed by atoms with Crippen LogP contribution in [0.1, 0.15) is 35.7 Å². The van der Waals surface area contributed by atoms with Gasteiger partial charge in [-0.1, -0.05) is 5.16 Å². The molecule has 2 aliphatic heterocycles. The number of nitrogens with one attached hydrogen (secondary N) is 1. The Morgan fingerprint density at radius 2 is 1.81 bits per heavy atom. The molecule has 4 aromatic rings. The van der Waals surface area contributed by atoms with Gasteiger partial charge in [0.25, 0.3) is 5.89 Å². The molecule has 3 aromatic heterocycles. The van der Waals surface area contributed by atoms with Gasteiger partial charge in [-0.15, -0.1) is 0 Å². The maximum Gasteiger partial charge on any atom is 0.320 e. The van der Waals surface area contributed by atoms with Crippen LogP contribution < -0.4 is 0 Å². The molecule has 6 rings (SSSR count). The van der Waals surface area contributed by atoms with Gasteiger partial charge in [-0.3, -0.25) is 9.88 Å². The molecule has 2 fully saturated rings. The average molecular weight is 487 g/mol. The summed E-state index contributed by atoms with van der Waals surface area (Å²) in [5, 5.41) is 3.87. The van der Waals surface area contributed by atoms with Gasteiger partial charge in [-0.2, -0.15) is 4.98 Å². The van der Waals surface area contributed by atoms with Crippen LogP contribution in [0.5, 0.6) is 0 Å². The Morgan fingerprint density at radius 3 is 2.58 bits per heavy atom. The maximum absolute atomic E-state index is 12.6. The second kappa shape index (κ2) is 9.69. The second-order valence-corrected chi connectivity index (χ2v) is 9.63. The number of aromatic nitrogens is 5. The highest BCUT2D eigenvalue weighted by Crippen LogP contribution is 2.23. The van der Waals surface area contributed by atoms with E-state index in [9.17, 15) is 4.79 Å². The van der Waals surface area contributed by atoms with Crippen molar-refractivity contribution in [3.8, 4) is 11.5 Å². The van der Waals surface area contributed by atoms with Crippen molar-refractivity contribution in [3.63, 3.8) is 0 Å². The summed E-state index contributed by atoms with van der Waals surface area (Å²) < 4.78 is 5.29. The number of hydrogen-bond acceptors (Lipinski definition) is 7. The minimum Gasteiger partial charge on any atom is -0.342 e. The molecule has 5 heterocycles. The van der Waals surface area contributed by atoms with Gasteiger partial charge in [0.05, 0.1) is 11.0 Å². The van der Waals surface area contributed by atoms with Crippen LogP contribution in [0.2, 0.25) is 0 Å². The number of carbonyl (C=O) groups excluding carboxylic acids is 1. The van der Waals surface area contributed by atoms with E-state index < -0.39 is 0 Å². The fourth-order valence-corrected chi connectivity index (χ4v) is 5.05. The summed E-state index contributed by atoms with van der Waals surface area (Å²) in [6, 6.07) is 10.3. The monoisotopic (exact) mass is 486 g/mol. The molecule has 2 aliphatic rings. The Hall–Kier alpha value is -3.79. The molecule has 2 amide bonds. The van der Waals surface area contributed by atoms with Crippen molar-refractivity contribution < 1.29 is 9.32 Å². The van der Waals surface area contributed by atoms with Crippen molar-refractivity contribution in [1.29, 1.82) is 0 Å². The zero-order valence-electron chi connectivity index (χ0n) is 20.5. The minimum absolute atomic E-state index is 0.212. The Balaban J connectivity index is 1.08. The third kappa shape index (κ3) is 4.81. The number of imidazole rings is 1. The lowest BCUT2D eigenvalue weighted by Crippen LogP contribution is -2.52. The summed E-state index contributed by atoms with van der Waals surface area (Å²) in [6.07, 6.45) is 4.75. The Bertz CT molecular complexity index is 1370. The standard InChI is InChI=1S/C26H30N8O2/c1-18-28-25(36-31-18)20-4-5-22-23(15-20)30-24(29-22)16-21-14-19(6-7-27-21)17-32-10-12-34(13-11-32)26(35)33-8-2-3-9-33/h4-7,14-15H,2-3,8-13,16-17H2,1H3,(H,29,30). The van der Waals surface area contributed by atoms with E-state index in [4.69, 9.17) is 9.51 Å². The smallest absolute Gasteiger partial charge is 0.320 e. The number of amides is 2. The summed E-state index contributed by atoms with van der Waals surface area (Å²) in [7, 11) is 0. The Labute approximate surface area is 209 Å². The van der Waals surface area contributed by atoms with Gasteiger partial charge in [0, 0.05) is 69.7 Å². The number of nitrogens with zero attached hydrogens (tertiary/aromatic N) is 7. The van der Waals surface area contributed by atoms with Gasteiger partial charge in [0.15, 0.2) is 5.82 Å². The van der Waals surface area contributed by atoms with Crippen molar-refractivity contribution in [2.24, 2.45) is 0 Å². The highest BCUT2D eigenvalue weighted by atomic mass is 16.5. The molecule has 10 heteroatoms. The summed E-state index contributed by atoms with van der Waals surface area (Å²) >= 11 is 0. The predicted octanol–water partition coefficient (Wildman–Crippen LogP) is 3.24. The van der Waals surface area contributed by atoms with Gasteiger partial charge in [-0.05, 0) is 55.7 Å². The van der Waals surface area contributed by atoms with Crippen molar-refractivity contribution in [3.05, 3.63) is 59.4 Å². The topological polar surface area (TPSA) is 107 Å². The van der Waals surface area contributed by atoms with E-state index in [-0.39, 0.29) is 6.03 Å². The molecule has 36 heavy (non-hydrogen) atoms. The van der Waals surface area contributed by atoms with Crippen molar-refractivity contribution in [1.82, 2.24) is 39.8 Å². The van der Waals surface area contributed by atoms with Crippen LogP contribution in [0, 0.1) is 6.92 Å². The third-order valence-corrected chi connectivity index (χ3v) is 6.96. The van der Waals surface area contributed by atoms with Crippen LogP contribution in [0.3, 0.4) is 0 Å². The lowest BCUT2D eigenvalue weighted by atomic mass is 10.1. The van der Waals surface area contributed by atoms with Crippen molar-refractivity contribution in [2.45, 2.75) is 32.7 Å². The average Bonchev–Trinajstić information content (AvgIpc) is 3.65. The zero-order chi connectivity index (χ0) is 24.5. The number of rotatable bonds is 5. The number of fused-ring (bicyclic) bond motifs is 1. The number of carbonyl (C=O) groups is 1. The molecular formula is C26H30N8O2. The molecule has 0 bridgehead atoms. The van der Waals surface area contributed by atoms with Crippen LogP contribution >= 0.6 is 0 Å². The first-order valence-electron chi connectivity index (χ1n) is 12.6. The van der Waals surface area contributed by atoms with E-state index in [1.807, 2.05) is 34.2 Å². The molecule has 0 unspecified atom stereocenters. The van der Waals surface area contributed by atoms with E-state index >= 15 is 0 Å². The quantitative estimate of drug-likeness (QED) is 0.461. The zero-order valence-corrected chi connectivity index (χ0v) is 20.5. The molecule has 1 N–H and O–H groups in total. The first-order chi connectivity index (χ1) is 17.6. The van der Waals surface area contributed by atoms with Gasteiger partial charge in [-0.25, -0.2) is 9.78 Å². The molecule has 186 valence electrons. The Kier molecular flexibility index (Phi) is 6.10. The molecule has 1 aromatic carbocycles. The molecule has 0 atom stereocenters. The van der Waals surface area contributed by atoms with E-state index in [0.29, 0.717) is 18.1 Å². The fraction of sp³-hybridized carbons (Fsp3) is 0.423. The molecule has 2 saturated heterocycles. The molecule has 10 nitrogen and oxygen atoms in total. The van der Waals surface area contributed by atoms with Crippen LogP contribution in [0.25, 0.3) is 22.5 Å². The summed E-state index contributed by atoms with van der Waals surface area (Å²) in [5.74, 6) is 1.97. The number of aryl methyl sites for hydroxylation is 1. The van der Waals surface area contributed by atoms with Crippen molar-refractivity contribution in [2.75, 3.05) is 39.3 Å². The van der Waals surface area contributed by atoms with E-state index in [2.05, 4.69) is 37.1 Å². The van der Waals surface area contributed by atoms with Crippen LogP contribution in [0.15, 0.2) is 41.1 Å². The van der Waals surface area contributed by atoms with Crippen LogP contribution in [-0.4, -0.2) is 85.1 Å². The predicted molar refractivity (Wildman–Crippen MR) is 134 cm³/mol. The van der Waals surface area contributed by atoms with Gasteiger partial charge >= 0.3 is 6.03 Å². The Morgan fingerprint density at radius 1 is 1.00 bits per heavy atom. The summed E-state index contributed by atoms with van der Waals surface area (Å²) in [5.41, 5.74) is 4.88. The largest absolute Gasteiger partial charge is 0.342 e. The maximum atomic E-state index is 12.6. The lowest BCUT2D eigenvalue weighted by Gasteiger charge is -2.36. The summed E-state index contributed by atoms with van der Waals surface area (Å²) in [4.78, 5) is 36.1. The highest BCUT2D eigenvalue weighted by Gasteiger charge is 2.26. The summed E-state index contributed by atoms with van der Waals surface area (Å²) in [6.45, 7) is 7.83. The van der Waals surface area contributed by atoms with E-state index in [1.54, 1.807) is 6.92 Å². The third-order valence-electron chi connectivity index (χ3n) is 6.96. The first-order valence-corrected chi connectivity index (χ1v) is 12.6. The van der Waals surface area contributed by atoms with E-state index in [1.165, 1.54) is 5.56 Å². The van der Waals surface area contributed by atoms with Gasteiger partial charge in [0.2, 0.25) is 0 Å². The van der Waals surface area contributed by atoms with Crippen molar-refractivity contribution >= 4 is 17.1 Å². The number of benzene rings is 1. The number of urea groups is 1. The van der Waals surface area contributed by atoms with Crippen LogP contribution in [0.4, 0.5) is 4.79 Å². The normalized spacial score (nSPS) is 16.8. The minimum atomic E-state index is 0.212. The number of pyridine rings is 1. The molecule has 0 spiro atoms. The highest BCUT2D eigenvalue weighted by molar-refractivity contribution is 5.80. The number of piperazine rings is 1. The number of likely N-dealkylation sites (tertiary alicyclic amines) is 1. The fourth-order valence-electron chi connectivity index (χ4n) is 5.05. The van der Waals surface area contributed by atoms with E-state index in [0.717, 1.165) is 86.8 Å². The SMILES string of the molecule is Cc1noc(-c2ccc3nc(Cc4cc(CN5CCN(C(=O)N6CCCC6)CC5)ccn4)[nH]c3c2)n1. The second-order valence-electron chi connectivity index (χ2n) is 9.63. The van der Waals surface area contributed by atoms with Gasteiger partial charge in [0.1, 0.15) is 5.82 Å². The van der Waals surface area contributed by atoms with Gasteiger partial charge < -0.3 is 19.3 Å². The van der Waals surface area contributed by atoms with Crippen LogP contribution in [-0.2, 0) is 13.0 Å².